The zero-order chi connectivity index (χ0) is 13.5. The molecule has 0 heterocycles. The van der Waals surface area contributed by atoms with Gasteiger partial charge >= 0.3 is 0 Å². The molecule has 0 bridgehead atoms. The average Bonchev–Trinajstić information content (AvgIpc) is 2.36. The summed E-state index contributed by atoms with van der Waals surface area (Å²) in [5.74, 6) is 0.905. The number of aryl methyl sites for hydroxylation is 1. The van der Waals surface area contributed by atoms with Crippen LogP contribution in [0, 0.1) is 6.92 Å². The van der Waals surface area contributed by atoms with Crippen molar-refractivity contribution in [1.82, 2.24) is 0 Å². The van der Waals surface area contributed by atoms with Gasteiger partial charge in [0.25, 0.3) is 0 Å². The van der Waals surface area contributed by atoms with Crippen LogP contribution in [0.1, 0.15) is 31.4 Å². The second kappa shape index (κ2) is 7.39. The minimum atomic E-state index is 0.00523. The molecule has 18 heavy (non-hydrogen) atoms. The summed E-state index contributed by atoms with van der Waals surface area (Å²) < 4.78 is 11.0. The first-order valence-corrected chi connectivity index (χ1v) is 6.63. The SMILES string of the molecule is CCOC(CC)C(N)Cc1cc(C)ccc1OC. The summed E-state index contributed by atoms with van der Waals surface area (Å²) in [5.41, 5.74) is 8.62. The van der Waals surface area contributed by atoms with Gasteiger partial charge in [-0.1, -0.05) is 24.6 Å². The van der Waals surface area contributed by atoms with Crippen LogP contribution in [0.3, 0.4) is 0 Å². The molecule has 1 aromatic rings. The Bertz CT molecular complexity index is 366. The molecule has 3 heteroatoms. The normalized spacial score (nSPS) is 14.3. The average molecular weight is 251 g/mol. The van der Waals surface area contributed by atoms with Crippen LogP contribution in [-0.2, 0) is 11.2 Å². The maximum atomic E-state index is 6.24. The van der Waals surface area contributed by atoms with Crippen molar-refractivity contribution >= 4 is 0 Å². The van der Waals surface area contributed by atoms with E-state index in [9.17, 15) is 0 Å². The van der Waals surface area contributed by atoms with Crippen LogP contribution in [-0.4, -0.2) is 25.9 Å². The maximum Gasteiger partial charge on any atom is 0.122 e. The predicted octanol–water partition coefficient (Wildman–Crippen LogP) is 2.69. The van der Waals surface area contributed by atoms with Crippen molar-refractivity contribution in [3.8, 4) is 5.75 Å². The van der Waals surface area contributed by atoms with Gasteiger partial charge in [-0.25, -0.2) is 0 Å². The van der Waals surface area contributed by atoms with E-state index in [0.717, 1.165) is 24.2 Å². The van der Waals surface area contributed by atoms with Crippen molar-refractivity contribution in [2.24, 2.45) is 5.73 Å². The molecule has 102 valence electrons. The molecule has 0 aliphatic carbocycles. The maximum absolute atomic E-state index is 6.24. The predicted molar refractivity (Wildman–Crippen MR) is 75.1 cm³/mol. The zero-order valence-electron chi connectivity index (χ0n) is 11.9. The molecule has 1 aromatic carbocycles. The topological polar surface area (TPSA) is 44.5 Å². The first kappa shape index (κ1) is 15.0. The van der Waals surface area contributed by atoms with E-state index in [2.05, 4.69) is 19.9 Å². The van der Waals surface area contributed by atoms with E-state index < -0.39 is 0 Å². The van der Waals surface area contributed by atoms with E-state index in [1.807, 2.05) is 19.1 Å². The zero-order valence-corrected chi connectivity index (χ0v) is 11.9. The molecule has 0 aliphatic heterocycles. The summed E-state index contributed by atoms with van der Waals surface area (Å²) in [5, 5.41) is 0. The fourth-order valence-corrected chi connectivity index (χ4v) is 2.21. The van der Waals surface area contributed by atoms with Crippen molar-refractivity contribution in [3.05, 3.63) is 29.3 Å². The summed E-state index contributed by atoms with van der Waals surface area (Å²) in [6.07, 6.45) is 1.83. The van der Waals surface area contributed by atoms with Gasteiger partial charge in [0.05, 0.1) is 13.2 Å². The second-order valence-electron chi connectivity index (χ2n) is 4.59. The van der Waals surface area contributed by atoms with Gasteiger partial charge in [0, 0.05) is 12.6 Å². The highest BCUT2D eigenvalue weighted by molar-refractivity contribution is 5.37. The number of hydrogen-bond donors (Lipinski definition) is 1. The molecule has 0 aliphatic rings. The van der Waals surface area contributed by atoms with Crippen molar-refractivity contribution in [1.29, 1.82) is 0 Å². The minimum absolute atomic E-state index is 0.00523. The Labute approximate surface area is 110 Å². The Kier molecular flexibility index (Phi) is 6.16. The molecule has 2 unspecified atom stereocenters. The molecular weight excluding hydrogens is 226 g/mol. The molecular formula is C15H25NO2. The van der Waals surface area contributed by atoms with Crippen molar-refractivity contribution < 1.29 is 9.47 Å². The number of nitrogens with two attached hydrogens (primary N) is 1. The van der Waals surface area contributed by atoms with Crippen LogP contribution in [0.25, 0.3) is 0 Å². The lowest BCUT2D eigenvalue weighted by Crippen LogP contribution is -2.38. The van der Waals surface area contributed by atoms with Gasteiger partial charge in [-0.15, -0.1) is 0 Å². The van der Waals surface area contributed by atoms with Gasteiger partial charge in [-0.3, -0.25) is 0 Å². The smallest absolute Gasteiger partial charge is 0.122 e. The Morgan fingerprint density at radius 1 is 1.28 bits per heavy atom. The van der Waals surface area contributed by atoms with E-state index in [1.165, 1.54) is 5.56 Å². The van der Waals surface area contributed by atoms with Gasteiger partial charge in [0.15, 0.2) is 0 Å². The number of rotatable bonds is 7. The van der Waals surface area contributed by atoms with E-state index >= 15 is 0 Å². The standard InChI is InChI=1S/C15H25NO2/c1-5-14(18-6-2)13(16)10-12-9-11(3)7-8-15(12)17-4/h7-9,13-14H,5-6,10,16H2,1-4H3. The Balaban J connectivity index is 2.79. The van der Waals surface area contributed by atoms with Crippen molar-refractivity contribution in [3.63, 3.8) is 0 Å². The lowest BCUT2D eigenvalue weighted by atomic mass is 9.98. The lowest BCUT2D eigenvalue weighted by molar-refractivity contribution is 0.0416. The Morgan fingerprint density at radius 2 is 2.00 bits per heavy atom. The first-order chi connectivity index (χ1) is 8.62. The van der Waals surface area contributed by atoms with Gasteiger partial charge < -0.3 is 15.2 Å². The van der Waals surface area contributed by atoms with Gasteiger partial charge in [0.2, 0.25) is 0 Å². The van der Waals surface area contributed by atoms with Crippen LogP contribution in [0.5, 0.6) is 5.75 Å². The third-order valence-electron chi connectivity index (χ3n) is 3.15. The van der Waals surface area contributed by atoms with Crippen molar-refractivity contribution in [2.45, 2.75) is 45.8 Å². The van der Waals surface area contributed by atoms with E-state index in [4.69, 9.17) is 15.2 Å². The summed E-state index contributed by atoms with van der Waals surface area (Å²) in [6.45, 7) is 6.89. The first-order valence-electron chi connectivity index (χ1n) is 6.63. The quantitative estimate of drug-likeness (QED) is 0.810. The van der Waals surface area contributed by atoms with E-state index in [0.29, 0.717) is 6.61 Å². The highest BCUT2D eigenvalue weighted by atomic mass is 16.5. The Morgan fingerprint density at radius 3 is 2.56 bits per heavy atom. The van der Waals surface area contributed by atoms with Crippen LogP contribution in [0.15, 0.2) is 18.2 Å². The number of methoxy groups -OCH3 is 1. The fraction of sp³-hybridized carbons (Fsp3) is 0.600. The highest BCUT2D eigenvalue weighted by Crippen LogP contribution is 2.22. The third kappa shape index (κ3) is 4.00. The summed E-state index contributed by atoms with van der Waals surface area (Å²) >= 11 is 0. The largest absolute Gasteiger partial charge is 0.496 e. The second-order valence-corrected chi connectivity index (χ2v) is 4.59. The molecule has 2 atom stereocenters. The molecule has 3 nitrogen and oxygen atoms in total. The van der Waals surface area contributed by atoms with Gasteiger partial charge in [-0.2, -0.15) is 0 Å². The molecule has 0 spiro atoms. The number of ether oxygens (including phenoxy) is 2. The van der Waals surface area contributed by atoms with Gasteiger partial charge in [-0.05, 0) is 38.3 Å². The van der Waals surface area contributed by atoms with E-state index in [-0.39, 0.29) is 12.1 Å². The minimum Gasteiger partial charge on any atom is -0.496 e. The molecule has 0 radical (unpaired) electrons. The lowest BCUT2D eigenvalue weighted by Gasteiger charge is -2.23. The monoisotopic (exact) mass is 251 g/mol. The summed E-state index contributed by atoms with van der Waals surface area (Å²) in [7, 11) is 1.69. The fourth-order valence-electron chi connectivity index (χ4n) is 2.21. The van der Waals surface area contributed by atoms with Crippen LogP contribution in [0.4, 0.5) is 0 Å². The van der Waals surface area contributed by atoms with Crippen molar-refractivity contribution in [2.75, 3.05) is 13.7 Å². The molecule has 0 amide bonds. The van der Waals surface area contributed by atoms with Crippen LogP contribution in [0.2, 0.25) is 0 Å². The summed E-state index contributed by atoms with van der Waals surface area (Å²) in [4.78, 5) is 0. The summed E-state index contributed by atoms with van der Waals surface area (Å²) in [6, 6.07) is 6.19. The molecule has 0 fully saturated rings. The third-order valence-corrected chi connectivity index (χ3v) is 3.15. The van der Waals surface area contributed by atoms with Gasteiger partial charge in [0.1, 0.15) is 5.75 Å². The highest BCUT2D eigenvalue weighted by Gasteiger charge is 2.18. The Hall–Kier alpha value is -1.06. The van der Waals surface area contributed by atoms with Crippen LogP contribution >= 0.6 is 0 Å². The number of benzene rings is 1. The molecule has 0 saturated carbocycles. The molecule has 0 aromatic heterocycles. The van der Waals surface area contributed by atoms with E-state index in [1.54, 1.807) is 7.11 Å². The molecule has 1 rings (SSSR count). The number of hydrogen-bond acceptors (Lipinski definition) is 3. The molecule has 0 saturated heterocycles. The van der Waals surface area contributed by atoms with Crippen LogP contribution < -0.4 is 10.5 Å². The molecule has 2 N–H and O–H groups in total.